The van der Waals surface area contributed by atoms with E-state index in [1.165, 1.54) is 12.2 Å². The summed E-state index contributed by atoms with van der Waals surface area (Å²) < 4.78 is 3.86. The van der Waals surface area contributed by atoms with Gasteiger partial charge in [-0.1, -0.05) is 6.08 Å². The normalized spacial score (nSPS) is 19.1. The molecule has 1 saturated heterocycles. The number of rotatable bonds is 4. The van der Waals surface area contributed by atoms with Gasteiger partial charge in [-0.05, 0) is 0 Å². The molecule has 3 rings (SSSR count). The smallest absolute Gasteiger partial charge is 0.345 e. The second kappa shape index (κ2) is 6.49. The first-order valence-electron chi connectivity index (χ1n) is 5.93. The van der Waals surface area contributed by atoms with E-state index in [2.05, 4.69) is 16.3 Å². The third-order valence-electron chi connectivity index (χ3n) is 2.88. The molecule has 0 unspecified atom stereocenters. The fourth-order valence-electron chi connectivity index (χ4n) is 2.08. The lowest BCUT2D eigenvalue weighted by molar-refractivity contribution is -0.126. The van der Waals surface area contributed by atoms with Crippen molar-refractivity contribution in [3.05, 3.63) is 28.7 Å². The summed E-state index contributed by atoms with van der Waals surface area (Å²) in [6.45, 7) is 5.61. The molecule has 2 bridgehead atoms. The van der Waals surface area contributed by atoms with Crippen molar-refractivity contribution in [1.82, 2.24) is 14.9 Å². The summed E-state index contributed by atoms with van der Waals surface area (Å²) in [6, 6.07) is -0.0687. The largest absolute Gasteiger partial charge is 0.471 e. The van der Waals surface area contributed by atoms with Crippen LogP contribution in [0.2, 0.25) is 0 Å². The Hall–Kier alpha value is -1.93. The van der Waals surface area contributed by atoms with Gasteiger partial charge in [-0.25, -0.2) is 9.78 Å². The molecular weight excluding hydrogens is 282 g/mol. The van der Waals surface area contributed by atoms with Crippen molar-refractivity contribution in [1.29, 1.82) is 0 Å². The van der Waals surface area contributed by atoms with Gasteiger partial charge < -0.3 is 9.64 Å². The predicted molar refractivity (Wildman–Crippen MR) is 71.7 cm³/mol. The summed E-state index contributed by atoms with van der Waals surface area (Å²) in [6.07, 6.45) is 1.64. The fourth-order valence-corrected chi connectivity index (χ4v) is 2.96. The van der Waals surface area contributed by atoms with Crippen molar-refractivity contribution in [3.63, 3.8) is 0 Å². The molecule has 0 N–H and O–H groups in total. The highest BCUT2D eigenvalue weighted by molar-refractivity contribution is 7.09. The maximum absolute atomic E-state index is 11.9. The number of carbonyl (C=O) groups excluding carboxylic acids is 2. The average Bonchev–Trinajstić information content (AvgIpc) is 3.04. The zero-order chi connectivity index (χ0) is 14.5. The third-order valence-corrected chi connectivity index (χ3v) is 3.85. The maximum atomic E-state index is 11.9. The molecule has 0 saturated carbocycles. The van der Waals surface area contributed by atoms with Gasteiger partial charge in [-0.15, -0.1) is 17.9 Å². The third kappa shape index (κ3) is 2.66. The van der Waals surface area contributed by atoms with Gasteiger partial charge in [0.1, 0.15) is 6.04 Å². The summed E-state index contributed by atoms with van der Waals surface area (Å²) in [5.41, 5.74) is 2.82. The Morgan fingerprint density at radius 1 is 1.65 bits per heavy atom. The van der Waals surface area contributed by atoms with Crippen molar-refractivity contribution in [3.8, 4) is 0 Å². The van der Waals surface area contributed by atoms with Crippen LogP contribution >= 0.6 is 11.3 Å². The van der Waals surface area contributed by atoms with Gasteiger partial charge in [0, 0.05) is 0 Å². The van der Waals surface area contributed by atoms with Gasteiger partial charge in [-0.3, -0.25) is 9.63 Å². The second-order valence-corrected chi connectivity index (χ2v) is 4.97. The van der Waals surface area contributed by atoms with E-state index < -0.39 is 0 Å². The quantitative estimate of drug-likeness (QED) is 0.619. The number of hydroxylamine groups is 2. The summed E-state index contributed by atoms with van der Waals surface area (Å²) in [4.78, 5) is 33.5. The first-order valence-corrected chi connectivity index (χ1v) is 6.81. The van der Waals surface area contributed by atoms with Crippen molar-refractivity contribution < 1.29 is 19.2 Å². The molecule has 0 radical (unpaired) electrons. The van der Waals surface area contributed by atoms with E-state index >= 15 is 0 Å². The van der Waals surface area contributed by atoms with E-state index in [0.29, 0.717) is 26.2 Å². The number of hydrogen-bond acceptors (Lipinski definition) is 6. The number of fused-ring (bicyclic) bond motifs is 4. The topological polar surface area (TPSA) is 72.0 Å². The first-order chi connectivity index (χ1) is 9.72. The van der Waals surface area contributed by atoms with Crippen LogP contribution in [0.1, 0.15) is 16.6 Å². The summed E-state index contributed by atoms with van der Waals surface area (Å²) >= 11 is 1.59. The minimum absolute atomic E-state index is 0.00343. The molecule has 1 aromatic rings. The molecule has 2 aliphatic rings. The molecule has 2 amide bonds. The van der Waals surface area contributed by atoms with Crippen LogP contribution in [0.15, 0.2) is 18.2 Å². The Morgan fingerprint density at radius 2 is 2.40 bits per heavy atom. The number of thiazole rings is 1. The molecule has 7 nitrogen and oxygen atoms in total. The van der Waals surface area contributed by atoms with Gasteiger partial charge in [0.15, 0.2) is 0 Å². The molecule has 1 fully saturated rings. The predicted octanol–water partition coefficient (Wildman–Crippen LogP) is 1.34. The Kier molecular flexibility index (Phi) is 4.70. The molecule has 1 aromatic heterocycles. The van der Waals surface area contributed by atoms with Crippen LogP contribution in [0, 0.1) is 0 Å². The van der Waals surface area contributed by atoms with Gasteiger partial charge in [-0.2, -0.15) is 5.06 Å². The second-order valence-electron chi connectivity index (χ2n) is 4.08. The van der Waals surface area contributed by atoms with E-state index in [1.807, 2.05) is 5.51 Å². The molecule has 0 aromatic carbocycles. The lowest BCUT2D eigenvalue weighted by atomic mass is 10.1. The van der Waals surface area contributed by atoms with Crippen LogP contribution in [0.4, 0.5) is 4.79 Å². The number of aromatic nitrogens is 1. The Labute approximate surface area is 120 Å². The minimum Gasteiger partial charge on any atom is -0.471 e. The maximum Gasteiger partial charge on any atom is 0.345 e. The van der Waals surface area contributed by atoms with Gasteiger partial charge in [0.25, 0.3) is 6.47 Å². The number of methoxy groups -OCH3 is 1. The van der Waals surface area contributed by atoms with E-state index in [-0.39, 0.29) is 12.1 Å². The summed E-state index contributed by atoms with van der Waals surface area (Å²) in [5.74, 6) is 0. The van der Waals surface area contributed by atoms with Crippen LogP contribution in [0.3, 0.4) is 0 Å². The Balaban J connectivity index is 0.000000328. The van der Waals surface area contributed by atoms with Crippen molar-refractivity contribution >= 4 is 23.8 Å². The van der Waals surface area contributed by atoms with Gasteiger partial charge in [0.2, 0.25) is 0 Å². The Morgan fingerprint density at radius 3 is 3.05 bits per heavy atom. The highest BCUT2D eigenvalue weighted by Gasteiger charge is 2.45. The molecule has 2 aliphatic heterocycles. The van der Waals surface area contributed by atoms with Crippen LogP contribution in [0.25, 0.3) is 0 Å². The zero-order valence-corrected chi connectivity index (χ0v) is 11.8. The number of ether oxygens (including phenoxy) is 1. The van der Waals surface area contributed by atoms with Gasteiger partial charge >= 0.3 is 6.03 Å². The molecule has 108 valence electrons. The van der Waals surface area contributed by atoms with Crippen LogP contribution < -0.4 is 0 Å². The molecule has 8 heteroatoms. The van der Waals surface area contributed by atoms with Crippen LogP contribution in [-0.4, -0.2) is 47.7 Å². The fraction of sp³-hybridized carbons (Fsp3) is 0.417. The summed E-state index contributed by atoms with van der Waals surface area (Å²) in [7, 11) is 1.31. The molecule has 0 spiro atoms. The standard InChI is InChI=1S/C10H11N3O2S.C2H4O2/c1-2-3-15-13-8-5-12(10(13)14)4-7-9(8)16-6-11-7;1-4-2-3/h2,6,8H,1,3-5H2;2H,1H3/t8-;/m0./s1. The highest BCUT2D eigenvalue weighted by Crippen LogP contribution is 2.39. The highest BCUT2D eigenvalue weighted by atomic mass is 32.1. The average molecular weight is 297 g/mol. The molecule has 0 aliphatic carbocycles. The zero-order valence-electron chi connectivity index (χ0n) is 11.0. The molecule has 3 heterocycles. The minimum atomic E-state index is -0.0722. The SMILES string of the molecule is C=CCON1C(=O)N2Cc3ncsc3[C@@H]1C2.COC=O. The van der Waals surface area contributed by atoms with Crippen molar-refractivity contribution in [2.75, 3.05) is 20.3 Å². The van der Waals surface area contributed by atoms with Crippen molar-refractivity contribution in [2.45, 2.75) is 12.6 Å². The van der Waals surface area contributed by atoms with Crippen LogP contribution in [-0.2, 0) is 20.9 Å². The van der Waals surface area contributed by atoms with E-state index in [4.69, 9.17) is 9.63 Å². The number of nitrogens with zero attached hydrogens (tertiary/aromatic N) is 3. The number of hydrogen-bond donors (Lipinski definition) is 0. The number of amides is 2. The van der Waals surface area contributed by atoms with Gasteiger partial charge in [0.05, 0.1) is 42.9 Å². The number of carbonyl (C=O) groups is 2. The molecule has 1 atom stereocenters. The van der Waals surface area contributed by atoms with E-state index in [9.17, 15) is 4.79 Å². The number of urea groups is 1. The lowest BCUT2D eigenvalue weighted by Gasteiger charge is -2.21. The molecular formula is C12H15N3O4S. The van der Waals surface area contributed by atoms with E-state index in [0.717, 1.165) is 10.6 Å². The van der Waals surface area contributed by atoms with E-state index in [1.54, 1.807) is 22.3 Å². The first kappa shape index (κ1) is 14.5. The molecule has 20 heavy (non-hydrogen) atoms. The lowest BCUT2D eigenvalue weighted by Crippen LogP contribution is -2.30. The monoisotopic (exact) mass is 297 g/mol. The Bertz CT molecular complexity index is 505. The summed E-state index contributed by atoms with van der Waals surface area (Å²) in [5, 5.41) is 1.45. The van der Waals surface area contributed by atoms with Crippen molar-refractivity contribution in [2.24, 2.45) is 0 Å². The van der Waals surface area contributed by atoms with Crippen LogP contribution in [0.5, 0.6) is 0 Å².